The van der Waals surface area contributed by atoms with E-state index in [2.05, 4.69) is 5.32 Å². The summed E-state index contributed by atoms with van der Waals surface area (Å²) in [5, 5.41) is 3.43. The molecule has 0 atom stereocenters. The molecule has 1 amide bonds. The maximum Gasteiger partial charge on any atom is 0.275 e. The van der Waals surface area contributed by atoms with E-state index < -0.39 is 0 Å². The largest absolute Gasteiger partial charge is 0.324 e. The van der Waals surface area contributed by atoms with Crippen LogP contribution in [0, 0.1) is 6.92 Å². The first-order chi connectivity index (χ1) is 12.6. The van der Waals surface area contributed by atoms with Gasteiger partial charge in [-0.25, -0.2) is 0 Å². The molecule has 0 aliphatic heterocycles. The Kier molecular flexibility index (Phi) is 4.01. The van der Waals surface area contributed by atoms with Crippen molar-refractivity contribution >= 4 is 39.7 Å². The minimum atomic E-state index is -0.279. The lowest BCUT2D eigenvalue weighted by atomic mass is 10.2. The van der Waals surface area contributed by atoms with Crippen LogP contribution >= 0.6 is 11.6 Å². The fraction of sp³-hybridized carbons (Fsp3) is 0.100. The van der Waals surface area contributed by atoms with Gasteiger partial charge in [-0.15, -0.1) is 0 Å². The highest BCUT2D eigenvalue weighted by atomic mass is 35.5. The van der Waals surface area contributed by atoms with E-state index in [1.807, 2.05) is 47.9 Å². The first-order valence-corrected chi connectivity index (χ1v) is 8.57. The molecule has 0 saturated carbocycles. The minimum Gasteiger partial charge on any atom is -0.324 e. The predicted octanol–water partition coefficient (Wildman–Crippen LogP) is 3.85. The molecule has 0 saturated heterocycles. The zero-order chi connectivity index (χ0) is 18.3. The van der Waals surface area contributed by atoms with Gasteiger partial charge in [-0.2, -0.15) is 0 Å². The molecule has 0 fully saturated rings. The second kappa shape index (κ2) is 6.35. The number of nitrogens with one attached hydrogen (secondary N) is 1. The quantitative estimate of drug-likeness (QED) is 0.599. The number of carbonyl (C=O) groups excluding carboxylic acids is 1. The van der Waals surface area contributed by atoms with Gasteiger partial charge in [-0.1, -0.05) is 29.8 Å². The minimum absolute atomic E-state index is 0.0764. The molecule has 6 heteroatoms. The van der Waals surface area contributed by atoms with Gasteiger partial charge in [0.25, 0.3) is 5.56 Å². The van der Waals surface area contributed by atoms with Crippen LogP contribution < -0.4 is 10.9 Å². The monoisotopic (exact) mass is 365 g/mol. The first kappa shape index (κ1) is 16.4. The number of anilines is 1. The summed E-state index contributed by atoms with van der Waals surface area (Å²) in [5.41, 5.74) is 3.35. The van der Waals surface area contributed by atoms with E-state index in [-0.39, 0.29) is 18.0 Å². The Balaban J connectivity index is 1.76. The molecule has 0 aliphatic carbocycles. The van der Waals surface area contributed by atoms with Gasteiger partial charge >= 0.3 is 0 Å². The molecule has 1 N–H and O–H groups in total. The number of aromatic nitrogens is 2. The molecular weight excluding hydrogens is 350 g/mol. The average molecular weight is 366 g/mol. The molecule has 2 aromatic heterocycles. The number of amides is 1. The highest BCUT2D eigenvalue weighted by molar-refractivity contribution is 6.31. The summed E-state index contributed by atoms with van der Waals surface area (Å²) in [6.45, 7) is 1.76. The van der Waals surface area contributed by atoms with Crippen molar-refractivity contribution in [3.8, 4) is 0 Å². The predicted molar refractivity (Wildman–Crippen MR) is 104 cm³/mol. The third kappa shape index (κ3) is 2.66. The van der Waals surface area contributed by atoms with Gasteiger partial charge in [-0.05, 0) is 48.9 Å². The van der Waals surface area contributed by atoms with Gasteiger partial charge in [0.15, 0.2) is 0 Å². The third-order valence-electron chi connectivity index (χ3n) is 4.49. The molecule has 0 spiro atoms. The van der Waals surface area contributed by atoms with Crippen molar-refractivity contribution in [3.63, 3.8) is 0 Å². The van der Waals surface area contributed by atoms with Crippen LogP contribution in [0.15, 0.2) is 65.6 Å². The molecule has 0 aliphatic rings. The summed E-state index contributed by atoms with van der Waals surface area (Å²) in [6.07, 6.45) is 1.85. The van der Waals surface area contributed by atoms with Crippen LogP contribution in [0.1, 0.15) is 5.56 Å². The van der Waals surface area contributed by atoms with Crippen LogP contribution in [0.2, 0.25) is 5.02 Å². The lowest BCUT2D eigenvalue weighted by molar-refractivity contribution is -0.116. The van der Waals surface area contributed by atoms with Gasteiger partial charge in [0.1, 0.15) is 12.1 Å². The van der Waals surface area contributed by atoms with Gasteiger partial charge in [0.05, 0.1) is 11.0 Å². The van der Waals surface area contributed by atoms with Crippen LogP contribution in [0.4, 0.5) is 5.69 Å². The molecule has 0 bridgehead atoms. The second-order valence-corrected chi connectivity index (χ2v) is 6.51. The summed E-state index contributed by atoms with van der Waals surface area (Å²) < 4.78 is 3.34. The number of nitrogens with zero attached hydrogens (tertiary/aromatic N) is 2. The Labute approximate surface area is 154 Å². The summed E-state index contributed by atoms with van der Waals surface area (Å²) in [7, 11) is 0. The number of carbonyl (C=O) groups is 1. The van der Waals surface area contributed by atoms with Gasteiger partial charge in [0.2, 0.25) is 5.91 Å². The number of para-hydroxylation sites is 2. The third-order valence-corrected chi connectivity index (χ3v) is 4.90. The molecule has 4 aromatic rings. The molecular formula is C20H16ClN3O2. The molecule has 2 aromatic carbocycles. The molecule has 0 radical (unpaired) electrons. The Morgan fingerprint density at radius 1 is 1.00 bits per heavy atom. The Hall–Kier alpha value is -3.05. The fourth-order valence-electron chi connectivity index (χ4n) is 3.14. The normalized spacial score (nSPS) is 11.2. The maximum absolute atomic E-state index is 12.9. The zero-order valence-electron chi connectivity index (χ0n) is 14.1. The van der Waals surface area contributed by atoms with E-state index in [1.54, 1.807) is 24.3 Å². The highest BCUT2D eigenvalue weighted by Crippen LogP contribution is 2.23. The first-order valence-electron chi connectivity index (χ1n) is 8.20. The molecule has 4 rings (SSSR count). The van der Waals surface area contributed by atoms with E-state index >= 15 is 0 Å². The van der Waals surface area contributed by atoms with E-state index in [0.29, 0.717) is 21.7 Å². The Morgan fingerprint density at radius 3 is 2.54 bits per heavy atom. The van der Waals surface area contributed by atoms with Crippen molar-refractivity contribution < 1.29 is 4.79 Å². The number of fused-ring (bicyclic) bond motifs is 3. The van der Waals surface area contributed by atoms with Crippen LogP contribution in [0.3, 0.4) is 0 Å². The van der Waals surface area contributed by atoms with Crippen molar-refractivity contribution in [2.45, 2.75) is 13.5 Å². The number of benzene rings is 2. The smallest absolute Gasteiger partial charge is 0.275 e. The number of halogens is 1. The molecule has 5 nitrogen and oxygen atoms in total. The standard InChI is InChI=1S/C20H16ClN3O2/c1-13-14(21)6-4-7-15(13)22-19(25)12-24-17-9-3-2-8-16(17)23-11-5-10-18(23)20(24)26/h2-11H,12H2,1H3,(H,22,25). The zero-order valence-corrected chi connectivity index (χ0v) is 14.8. The van der Waals surface area contributed by atoms with Crippen molar-refractivity contribution in [2.24, 2.45) is 0 Å². The summed E-state index contributed by atoms with van der Waals surface area (Å²) in [5.74, 6) is -0.279. The molecule has 26 heavy (non-hydrogen) atoms. The maximum atomic E-state index is 12.9. The average Bonchev–Trinajstić information content (AvgIpc) is 3.13. The number of hydrogen-bond acceptors (Lipinski definition) is 2. The highest BCUT2D eigenvalue weighted by Gasteiger charge is 2.14. The Morgan fingerprint density at radius 2 is 1.73 bits per heavy atom. The molecule has 130 valence electrons. The number of hydrogen-bond donors (Lipinski definition) is 1. The van der Waals surface area contributed by atoms with E-state index in [4.69, 9.17) is 11.6 Å². The van der Waals surface area contributed by atoms with Gasteiger partial charge in [-0.3, -0.25) is 14.2 Å². The van der Waals surface area contributed by atoms with E-state index in [1.165, 1.54) is 4.57 Å². The SMILES string of the molecule is Cc1c(Cl)cccc1NC(=O)Cn1c(=O)c2cccn2c2ccccc21. The van der Waals surface area contributed by atoms with Crippen LogP contribution in [0.5, 0.6) is 0 Å². The van der Waals surface area contributed by atoms with E-state index in [9.17, 15) is 9.59 Å². The number of rotatable bonds is 3. The summed E-state index contributed by atoms with van der Waals surface area (Å²) in [4.78, 5) is 25.4. The summed E-state index contributed by atoms with van der Waals surface area (Å²) >= 11 is 6.10. The molecule has 2 heterocycles. The van der Waals surface area contributed by atoms with Crippen molar-refractivity contribution in [1.82, 2.24) is 8.97 Å². The van der Waals surface area contributed by atoms with Gasteiger partial charge < -0.3 is 9.72 Å². The van der Waals surface area contributed by atoms with Crippen LogP contribution in [-0.2, 0) is 11.3 Å². The lowest BCUT2D eigenvalue weighted by Gasteiger charge is -2.14. The Bertz CT molecular complexity index is 1210. The summed E-state index contributed by atoms with van der Waals surface area (Å²) in [6, 6.07) is 16.4. The van der Waals surface area contributed by atoms with Crippen LogP contribution in [-0.4, -0.2) is 14.9 Å². The lowest BCUT2D eigenvalue weighted by Crippen LogP contribution is -2.29. The van der Waals surface area contributed by atoms with Crippen molar-refractivity contribution in [2.75, 3.05) is 5.32 Å². The second-order valence-electron chi connectivity index (χ2n) is 6.10. The van der Waals surface area contributed by atoms with Crippen LogP contribution in [0.25, 0.3) is 16.6 Å². The van der Waals surface area contributed by atoms with E-state index in [0.717, 1.165) is 11.1 Å². The fourth-order valence-corrected chi connectivity index (χ4v) is 3.32. The van der Waals surface area contributed by atoms with Gasteiger partial charge in [0, 0.05) is 16.9 Å². The molecule has 0 unspecified atom stereocenters. The topological polar surface area (TPSA) is 55.5 Å². The van der Waals surface area contributed by atoms with Crippen molar-refractivity contribution in [1.29, 1.82) is 0 Å². The van der Waals surface area contributed by atoms with Crippen molar-refractivity contribution in [3.05, 3.63) is 81.7 Å².